The number of carbonyl (C=O) groups is 3. The van der Waals surface area contributed by atoms with Crippen molar-refractivity contribution in [3.05, 3.63) is 22.5 Å². The second kappa shape index (κ2) is 9.25. The van der Waals surface area contributed by atoms with E-state index in [1.807, 2.05) is 13.8 Å². The first-order chi connectivity index (χ1) is 11.7. The molecule has 0 aromatic carbocycles. The van der Waals surface area contributed by atoms with Crippen molar-refractivity contribution in [3.8, 4) is 0 Å². The normalized spacial score (nSPS) is 10.9. The maximum atomic E-state index is 12.2. The Labute approximate surface area is 148 Å². The Morgan fingerprint density at radius 2 is 1.68 bits per heavy atom. The summed E-state index contributed by atoms with van der Waals surface area (Å²) in [5.41, 5.74) is 1.45. The van der Waals surface area contributed by atoms with Gasteiger partial charge in [-0.3, -0.25) is 4.79 Å². The van der Waals surface area contributed by atoms with Crippen LogP contribution in [0, 0.1) is 13.8 Å². The third-order valence-electron chi connectivity index (χ3n) is 3.87. The third kappa shape index (κ3) is 5.62. The SMILES string of the molecule is CCC(CC)NC(=O)COC(=O)c1[nH]c(C)c(C(=O)OC(C)C)c1C. The fourth-order valence-corrected chi connectivity index (χ4v) is 2.50. The quantitative estimate of drug-likeness (QED) is 0.701. The minimum absolute atomic E-state index is 0.0677. The Hall–Kier alpha value is -2.31. The standard InChI is InChI=1S/C18H28N2O5/c1-7-13(8-2)20-14(21)9-24-18(23)16-11(5)15(12(6)19-16)17(22)25-10(3)4/h10,13,19H,7-9H2,1-6H3,(H,20,21). The molecule has 0 bridgehead atoms. The number of aromatic amines is 1. The van der Waals surface area contributed by atoms with Crippen LogP contribution in [-0.4, -0.2) is 41.6 Å². The van der Waals surface area contributed by atoms with Crippen molar-refractivity contribution in [3.63, 3.8) is 0 Å². The molecule has 7 nitrogen and oxygen atoms in total. The first-order valence-corrected chi connectivity index (χ1v) is 8.57. The van der Waals surface area contributed by atoms with Gasteiger partial charge in [0.2, 0.25) is 0 Å². The highest BCUT2D eigenvalue weighted by Gasteiger charge is 2.25. The Morgan fingerprint density at radius 1 is 1.08 bits per heavy atom. The van der Waals surface area contributed by atoms with Crippen molar-refractivity contribution >= 4 is 17.8 Å². The van der Waals surface area contributed by atoms with Crippen LogP contribution in [-0.2, 0) is 14.3 Å². The molecule has 0 saturated carbocycles. The van der Waals surface area contributed by atoms with Gasteiger partial charge in [0.1, 0.15) is 5.69 Å². The molecule has 0 fully saturated rings. The van der Waals surface area contributed by atoms with Crippen LogP contribution < -0.4 is 5.32 Å². The molecule has 0 unspecified atom stereocenters. The predicted molar refractivity (Wildman–Crippen MR) is 93.6 cm³/mol. The molecule has 2 N–H and O–H groups in total. The number of esters is 2. The number of H-pyrrole nitrogens is 1. The maximum Gasteiger partial charge on any atom is 0.355 e. The Morgan fingerprint density at radius 3 is 2.20 bits per heavy atom. The topological polar surface area (TPSA) is 97.5 Å². The molecule has 0 radical (unpaired) electrons. The highest BCUT2D eigenvalue weighted by Crippen LogP contribution is 2.20. The smallest absolute Gasteiger partial charge is 0.355 e. The van der Waals surface area contributed by atoms with Gasteiger partial charge in [-0.25, -0.2) is 9.59 Å². The number of ether oxygens (including phenoxy) is 2. The monoisotopic (exact) mass is 352 g/mol. The summed E-state index contributed by atoms with van der Waals surface area (Å²) in [6.45, 7) is 10.4. The van der Waals surface area contributed by atoms with E-state index in [-0.39, 0.29) is 30.4 Å². The zero-order valence-electron chi connectivity index (χ0n) is 15.8. The highest BCUT2D eigenvalue weighted by atomic mass is 16.5. The van der Waals surface area contributed by atoms with E-state index in [4.69, 9.17) is 9.47 Å². The van der Waals surface area contributed by atoms with E-state index in [9.17, 15) is 14.4 Å². The lowest BCUT2D eigenvalue weighted by molar-refractivity contribution is -0.125. The molecule has 1 aromatic heterocycles. The highest BCUT2D eigenvalue weighted by molar-refractivity contribution is 5.99. The molecule has 7 heteroatoms. The summed E-state index contributed by atoms with van der Waals surface area (Å²) in [5, 5.41) is 2.79. The maximum absolute atomic E-state index is 12.2. The number of rotatable bonds is 8. The summed E-state index contributed by atoms with van der Waals surface area (Å²) in [5.74, 6) is -1.52. The number of nitrogens with one attached hydrogen (secondary N) is 2. The van der Waals surface area contributed by atoms with Gasteiger partial charge in [0.15, 0.2) is 6.61 Å². The summed E-state index contributed by atoms with van der Waals surface area (Å²) >= 11 is 0. The average Bonchev–Trinajstić information content (AvgIpc) is 2.84. The summed E-state index contributed by atoms with van der Waals surface area (Å²) in [6, 6.07) is 0.0677. The van der Waals surface area contributed by atoms with E-state index in [0.717, 1.165) is 12.8 Å². The average molecular weight is 352 g/mol. The van der Waals surface area contributed by atoms with E-state index in [2.05, 4.69) is 10.3 Å². The number of carbonyl (C=O) groups excluding carboxylic acids is 3. The van der Waals surface area contributed by atoms with E-state index in [0.29, 0.717) is 16.8 Å². The largest absolute Gasteiger partial charge is 0.459 e. The Balaban J connectivity index is 2.77. The molecule has 0 aliphatic rings. The molecule has 1 amide bonds. The molecule has 25 heavy (non-hydrogen) atoms. The van der Waals surface area contributed by atoms with Crippen molar-refractivity contribution < 1.29 is 23.9 Å². The lowest BCUT2D eigenvalue weighted by Gasteiger charge is -2.14. The number of amides is 1. The molecule has 0 atom stereocenters. The first-order valence-electron chi connectivity index (χ1n) is 8.57. The van der Waals surface area contributed by atoms with Crippen LogP contribution >= 0.6 is 0 Å². The van der Waals surface area contributed by atoms with Crippen LogP contribution in [0.3, 0.4) is 0 Å². The molecular formula is C18H28N2O5. The van der Waals surface area contributed by atoms with Crippen molar-refractivity contribution in [1.82, 2.24) is 10.3 Å². The zero-order chi connectivity index (χ0) is 19.1. The second-order valence-electron chi connectivity index (χ2n) is 6.24. The van der Waals surface area contributed by atoms with Crippen molar-refractivity contribution in [1.29, 1.82) is 0 Å². The molecule has 0 spiro atoms. The van der Waals surface area contributed by atoms with Gasteiger partial charge in [-0.15, -0.1) is 0 Å². The third-order valence-corrected chi connectivity index (χ3v) is 3.87. The lowest BCUT2D eigenvalue weighted by atomic mass is 10.1. The summed E-state index contributed by atoms with van der Waals surface area (Å²) in [7, 11) is 0. The molecular weight excluding hydrogens is 324 g/mol. The Kier molecular flexibility index (Phi) is 7.67. The molecule has 140 valence electrons. The van der Waals surface area contributed by atoms with Crippen LogP contribution in [0.4, 0.5) is 0 Å². The van der Waals surface area contributed by atoms with Crippen LogP contribution in [0.1, 0.15) is 72.6 Å². The lowest BCUT2D eigenvalue weighted by Crippen LogP contribution is -2.36. The predicted octanol–water partition coefficient (Wildman–Crippen LogP) is 2.66. The second-order valence-corrected chi connectivity index (χ2v) is 6.24. The van der Waals surface area contributed by atoms with Gasteiger partial charge in [0.25, 0.3) is 5.91 Å². The van der Waals surface area contributed by atoms with Crippen LogP contribution in [0.25, 0.3) is 0 Å². The van der Waals surface area contributed by atoms with Gasteiger partial charge in [-0.05, 0) is 46.1 Å². The molecule has 1 rings (SSSR count). The zero-order valence-corrected chi connectivity index (χ0v) is 15.8. The van der Waals surface area contributed by atoms with Crippen LogP contribution in [0.2, 0.25) is 0 Å². The minimum Gasteiger partial charge on any atom is -0.459 e. The first kappa shape index (κ1) is 20.7. The summed E-state index contributed by atoms with van der Waals surface area (Å²) in [4.78, 5) is 39.0. The van der Waals surface area contributed by atoms with E-state index < -0.39 is 11.9 Å². The van der Waals surface area contributed by atoms with Crippen LogP contribution in [0.5, 0.6) is 0 Å². The van der Waals surface area contributed by atoms with Gasteiger partial charge >= 0.3 is 11.9 Å². The molecule has 0 aliphatic carbocycles. The van der Waals surface area contributed by atoms with Gasteiger partial charge in [-0.1, -0.05) is 13.8 Å². The van der Waals surface area contributed by atoms with Crippen molar-refractivity contribution in [2.24, 2.45) is 0 Å². The van der Waals surface area contributed by atoms with Gasteiger partial charge in [0.05, 0.1) is 11.7 Å². The number of hydrogen-bond donors (Lipinski definition) is 2. The Bertz CT molecular complexity index is 630. The fourth-order valence-electron chi connectivity index (χ4n) is 2.50. The van der Waals surface area contributed by atoms with E-state index in [1.54, 1.807) is 27.7 Å². The molecule has 1 aromatic rings. The number of aromatic nitrogens is 1. The molecule has 1 heterocycles. The van der Waals surface area contributed by atoms with Crippen LogP contribution in [0.15, 0.2) is 0 Å². The fraction of sp³-hybridized carbons (Fsp3) is 0.611. The number of aryl methyl sites for hydroxylation is 1. The number of hydrogen-bond acceptors (Lipinski definition) is 5. The van der Waals surface area contributed by atoms with E-state index >= 15 is 0 Å². The van der Waals surface area contributed by atoms with E-state index in [1.165, 1.54) is 0 Å². The van der Waals surface area contributed by atoms with Crippen molar-refractivity contribution in [2.75, 3.05) is 6.61 Å². The van der Waals surface area contributed by atoms with Crippen molar-refractivity contribution in [2.45, 2.75) is 66.5 Å². The molecule has 0 aliphatic heterocycles. The summed E-state index contributed by atoms with van der Waals surface area (Å²) < 4.78 is 10.2. The van der Waals surface area contributed by atoms with Gasteiger partial charge < -0.3 is 19.8 Å². The minimum atomic E-state index is -0.677. The van der Waals surface area contributed by atoms with Gasteiger partial charge in [-0.2, -0.15) is 0 Å². The molecule has 0 saturated heterocycles. The van der Waals surface area contributed by atoms with Gasteiger partial charge in [0, 0.05) is 11.7 Å². The summed E-state index contributed by atoms with van der Waals surface area (Å²) in [6.07, 6.45) is 1.36.